The number of halogens is 2. The number of esters is 1. The number of alkyl halides is 2. The van der Waals surface area contributed by atoms with Gasteiger partial charge in [-0.05, 0) is 6.07 Å². The number of anilines is 1. The summed E-state index contributed by atoms with van der Waals surface area (Å²) in [6.45, 7) is 2.47. The molecule has 0 aliphatic carbocycles. The summed E-state index contributed by atoms with van der Waals surface area (Å²) in [4.78, 5) is 27.3. The molecule has 24 heavy (non-hydrogen) atoms. The minimum absolute atomic E-state index is 0.0294. The van der Waals surface area contributed by atoms with E-state index in [2.05, 4.69) is 4.98 Å². The van der Waals surface area contributed by atoms with Crippen molar-refractivity contribution in [1.82, 2.24) is 9.55 Å². The molecule has 1 aliphatic rings. The number of rotatable bonds is 5. The molecule has 0 aromatic carbocycles. The Balaban J connectivity index is 2.40. The fourth-order valence-corrected chi connectivity index (χ4v) is 2.65. The predicted molar refractivity (Wildman–Crippen MR) is 83.2 cm³/mol. The zero-order chi connectivity index (χ0) is 18.1. The number of aromatic nitrogens is 2. The molecule has 0 radical (unpaired) electrons. The summed E-state index contributed by atoms with van der Waals surface area (Å²) >= 11 is 5.84. The monoisotopic (exact) mass is 363 g/mol. The highest BCUT2D eigenvalue weighted by molar-refractivity contribution is 6.18. The van der Waals surface area contributed by atoms with Crippen LogP contribution in [0, 0.1) is 5.92 Å². The molecule has 0 saturated carbocycles. The molecule has 10 heteroatoms. The second-order valence-corrected chi connectivity index (χ2v) is 6.13. The largest absolute Gasteiger partial charge is 0.456 e. The van der Waals surface area contributed by atoms with Gasteiger partial charge in [0.05, 0.1) is 18.4 Å². The number of nitrogens with two attached hydrogens (primary N) is 1. The lowest BCUT2D eigenvalue weighted by Gasteiger charge is -2.30. The summed E-state index contributed by atoms with van der Waals surface area (Å²) < 4.78 is 26.5. The van der Waals surface area contributed by atoms with E-state index in [0.29, 0.717) is 0 Å². The maximum atomic E-state index is 14.9. The maximum Gasteiger partial charge on any atom is 0.351 e. The van der Waals surface area contributed by atoms with E-state index in [0.717, 1.165) is 4.57 Å². The standard InChI is InChI=1S/C14H19ClFN3O5/c1-7(2)12(21)23-10-9(16)11(24-14(10,5-15)6-20)19-4-3-8(17)18-13(19)22/h3-4,7,9-11,20H,5-6H2,1-2H3,(H2,17,18,22). The van der Waals surface area contributed by atoms with Gasteiger partial charge in [0.25, 0.3) is 0 Å². The Morgan fingerprint density at radius 3 is 2.83 bits per heavy atom. The van der Waals surface area contributed by atoms with Gasteiger partial charge in [-0.2, -0.15) is 4.98 Å². The van der Waals surface area contributed by atoms with E-state index < -0.39 is 48.3 Å². The van der Waals surface area contributed by atoms with Crippen molar-refractivity contribution in [2.45, 2.75) is 38.0 Å². The topological polar surface area (TPSA) is 117 Å². The number of aliphatic hydroxyl groups is 1. The van der Waals surface area contributed by atoms with E-state index in [4.69, 9.17) is 26.8 Å². The summed E-state index contributed by atoms with van der Waals surface area (Å²) in [5, 5.41) is 9.64. The van der Waals surface area contributed by atoms with Gasteiger partial charge in [0.2, 0.25) is 0 Å². The number of nitrogen functional groups attached to an aromatic ring is 1. The average Bonchev–Trinajstić information content (AvgIpc) is 2.81. The second-order valence-electron chi connectivity index (χ2n) is 5.86. The van der Waals surface area contributed by atoms with E-state index in [1.807, 2.05) is 0 Å². The molecule has 4 unspecified atom stereocenters. The smallest absolute Gasteiger partial charge is 0.351 e. The predicted octanol–water partition coefficient (Wildman–Crippen LogP) is 0.230. The minimum atomic E-state index is -1.93. The van der Waals surface area contributed by atoms with E-state index in [1.165, 1.54) is 12.3 Å². The van der Waals surface area contributed by atoms with E-state index in [-0.39, 0.29) is 11.7 Å². The van der Waals surface area contributed by atoms with Crippen LogP contribution in [0.3, 0.4) is 0 Å². The molecule has 1 fully saturated rings. The summed E-state index contributed by atoms with van der Waals surface area (Å²) in [5.74, 6) is -1.55. The molecule has 4 atom stereocenters. The van der Waals surface area contributed by atoms with Gasteiger partial charge in [-0.15, -0.1) is 11.6 Å². The Labute approximate surface area is 142 Å². The highest BCUT2D eigenvalue weighted by Gasteiger charge is 2.58. The molecule has 0 bridgehead atoms. The van der Waals surface area contributed by atoms with Gasteiger partial charge < -0.3 is 20.3 Å². The number of carbonyl (C=O) groups is 1. The SMILES string of the molecule is CC(C)C(=O)OC1C(F)C(n2ccc(N)nc2=O)OC1(CO)CCl. The van der Waals surface area contributed by atoms with Crippen LogP contribution < -0.4 is 11.4 Å². The van der Waals surface area contributed by atoms with E-state index in [9.17, 15) is 19.1 Å². The number of hydrogen-bond acceptors (Lipinski definition) is 7. The minimum Gasteiger partial charge on any atom is -0.456 e. The number of nitrogens with zero attached hydrogens (tertiary/aromatic N) is 2. The Kier molecular flexibility index (Phi) is 5.46. The molecule has 0 amide bonds. The third-order valence-electron chi connectivity index (χ3n) is 3.77. The van der Waals surface area contributed by atoms with Gasteiger partial charge in [0, 0.05) is 6.20 Å². The zero-order valence-electron chi connectivity index (χ0n) is 13.2. The highest BCUT2D eigenvalue weighted by atomic mass is 35.5. The van der Waals surface area contributed by atoms with Crippen LogP contribution in [-0.2, 0) is 14.3 Å². The molecule has 1 aromatic rings. The molecular weight excluding hydrogens is 345 g/mol. The molecule has 3 N–H and O–H groups in total. The van der Waals surface area contributed by atoms with Crippen molar-refractivity contribution < 1.29 is 23.8 Å². The molecule has 134 valence electrons. The van der Waals surface area contributed by atoms with Crippen LogP contribution >= 0.6 is 11.6 Å². The van der Waals surface area contributed by atoms with Gasteiger partial charge in [0.15, 0.2) is 18.5 Å². The number of ether oxygens (including phenoxy) is 2. The van der Waals surface area contributed by atoms with Gasteiger partial charge in [-0.3, -0.25) is 9.36 Å². The van der Waals surface area contributed by atoms with Crippen molar-refractivity contribution >= 4 is 23.4 Å². The van der Waals surface area contributed by atoms with Crippen molar-refractivity contribution in [1.29, 1.82) is 0 Å². The summed E-state index contributed by atoms with van der Waals surface area (Å²) in [5.41, 5.74) is 2.90. The van der Waals surface area contributed by atoms with Crippen molar-refractivity contribution in [2.75, 3.05) is 18.2 Å². The third kappa shape index (κ3) is 3.24. The van der Waals surface area contributed by atoms with Crippen molar-refractivity contribution in [3.63, 3.8) is 0 Å². The fourth-order valence-electron chi connectivity index (χ4n) is 2.35. The first kappa shape index (κ1) is 18.6. The first-order chi connectivity index (χ1) is 11.3. The fraction of sp³-hybridized carbons (Fsp3) is 0.643. The molecular formula is C14H19ClFN3O5. The van der Waals surface area contributed by atoms with Crippen LogP contribution in [-0.4, -0.2) is 51.0 Å². The van der Waals surface area contributed by atoms with Crippen molar-refractivity contribution in [3.05, 3.63) is 22.7 Å². The summed E-state index contributed by atoms with van der Waals surface area (Å²) in [7, 11) is 0. The van der Waals surface area contributed by atoms with Gasteiger partial charge in [0.1, 0.15) is 11.4 Å². The van der Waals surface area contributed by atoms with E-state index >= 15 is 0 Å². The Bertz CT molecular complexity index is 664. The first-order valence-corrected chi connectivity index (χ1v) is 7.83. The molecule has 0 spiro atoms. The van der Waals surface area contributed by atoms with Gasteiger partial charge in [-0.1, -0.05) is 13.8 Å². The van der Waals surface area contributed by atoms with Crippen LogP contribution in [0.25, 0.3) is 0 Å². The maximum absolute atomic E-state index is 14.9. The normalized spacial score (nSPS) is 29.8. The van der Waals surface area contributed by atoms with E-state index in [1.54, 1.807) is 13.8 Å². The summed E-state index contributed by atoms with van der Waals surface area (Å²) in [6, 6.07) is 1.30. The molecule has 1 saturated heterocycles. The first-order valence-electron chi connectivity index (χ1n) is 7.29. The highest BCUT2D eigenvalue weighted by Crippen LogP contribution is 2.41. The number of carbonyl (C=O) groups excluding carboxylic acids is 1. The summed E-state index contributed by atoms with van der Waals surface area (Å²) in [6.07, 6.45) is -3.64. The van der Waals surface area contributed by atoms with Gasteiger partial charge in [-0.25, -0.2) is 9.18 Å². The lowest BCUT2D eigenvalue weighted by molar-refractivity contribution is -0.168. The van der Waals surface area contributed by atoms with Crippen LogP contribution in [0.1, 0.15) is 20.1 Å². The van der Waals surface area contributed by atoms with Crippen LogP contribution in [0.5, 0.6) is 0 Å². The third-order valence-corrected chi connectivity index (χ3v) is 4.22. The molecule has 2 rings (SSSR count). The van der Waals surface area contributed by atoms with Crippen LogP contribution in [0.15, 0.2) is 17.1 Å². The Hall–Kier alpha value is -1.71. The Morgan fingerprint density at radius 1 is 1.67 bits per heavy atom. The van der Waals surface area contributed by atoms with Crippen molar-refractivity contribution in [2.24, 2.45) is 5.92 Å². The Morgan fingerprint density at radius 2 is 2.33 bits per heavy atom. The lowest BCUT2D eigenvalue weighted by Crippen LogP contribution is -2.50. The quantitative estimate of drug-likeness (QED) is 0.568. The molecule has 1 aromatic heterocycles. The van der Waals surface area contributed by atoms with Gasteiger partial charge >= 0.3 is 11.7 Å². The number of aliphatic hydroxyl groups excluding tert-OH is 1. The molecule has 2 heterocycles. The number of hydrogen-bond donors (Lipinski definition) is 2. The van der Waals surface area contributed by atoms with Crippen LogP contribution in [0.4, 0.5) is 10.2 Å². The zero-order valence-corrected chi connectivity index (χ0v) is 13.9. The molecule has 1 aliphatic heterocycles. The second kappa shape index (κ2) is 7.04. The molecule has 8 nitrogen and oxygen atoms in total. The van der Waals surface area contributed by atoms with Crippen molar-refractivity contribution in [3.8, 4) is 0 Å². The lowest BCUT2D eigenvalue weighted by atomic mass is 9.98. The average molecular weight is 364 g/mol. The van der Waals surface area contributed by atoms with Crippen LogP contribution in [0.2, 0.25) is 0 Å².